The molecule has 0 bridgehead atoms. The lowest BCUT2D eigenvalue weighted by Crippen LogP contribution is -2.44. The highest BCUT2D eigenvalue weighted by atomic mass is 19.4. The number of hydrazine groups is 1. The van der Waals surface area contributed by atoms with Gasteiger partial charge in [0.05, 0.1) is 24.5 Å². The minimum absolute atomic E-state index is 0.164. The number of nitrogen functional groups attached to an aromatic ring is 1. The van der Waals surface area contributed by atoms with Gasteiger partial charge in [0.1, 0.15) is 11.9 Å². The summed E-state index contributed by atoms with van der Waals surface area (Å²) in [6.45, 7) is 4.19. The number of nitrogens with two attached hydrogens (primary N) is 2. The number of hydrogen-bond donors (Lipinski definition) is 4. The number of nitrogens with one attached hydrogen (secondary N) is 2. The van der Waals surface area contributed by atoms with E-state index in [9.17, 15) is 27.6 Å². The van der Waals surface area contributed by atoms with Gasteiger partial charge in [0.15, 0.2) is 11.5 Å². The molecule has 0 spiro atoms. The summed E-state index contributed by atoms with van der Waals surface area (Å²) in [4.78, 5) is 37.6. The minimum atomic E-state index is -5.41. The zero-order valence-electron chi connectivity index (χ0n) is 22.5. The molecule has 0 aliphatic carbocycles. The number of alkyl halides is 3. The minimum Gasteiger partial charge on any atom is -0.490 e. The van der Waals surface area contributed by atoms with Gasteiger partial charge in [0.2, 0.25) is 0 Å². The van der Waals surface area contributed by atoms with Gasteiger partial charge < -0.3 is 25.3 Å². The van der Waals surface area contributed by atoms with Gasteiger partial charge in [-0.1, -0.05) is 18.2 Å². The molecular formula is C28H28F3N5O6. The smallest absolute Gasteiger partial charge is 0.490 e. The number of halogens is 3. The van der Waals surface area contributed by atoms with Crippen molar-refractivity contribution in [3.8, 4) is 11.5 Å². The van der Waals surface area contributed by atoms with E-state index >= 15 is 0 Å². The first kappa shape index (κ1) is 31.4. The van der Waals surface area contributed by atoms with Gasteiger partial charge in [-0.3, -0.25) is 10.2 Å². The zero-order chi connectivity index (χ0) is 31.0. The number of para-hydroxylation sites is 1. The molecule has 0 aliphatic rings. The van der Waals surface area contributed by atoms with E-state index < -0.39 is 35.6 Å². The van der Waals surface area contributed by atoms with Crippen LogP contribution in [-0.4, -0.2) is 43.1 Å². The molecule has 1 atom stereocenters. The number of rotatable bonds is 11. The van der Waals surface area contributed by atoms with Crippen LogP contribution in [0.5, 0.6) is 11.5 Å². The Labute approximate surface area is 238 Å². The van der Waals surface area contributed by atoms with Crippen molar-refractivity contribution in [1.29, 1.82) is 5.41 Å². The van der Waals surface area contributed by atoms with E-state index in [-0.39, 0.29) is 18.1 Å². The van der Waals surface area contributed by atoms with Crippen LogP contribution >= 0.6 is 0 Å². The van der Waals surface area contributed by atoms with Gasteiger partial charge in [-0.25, -0.2) is 20.4 Å². The Hall–Kier alpha value is -5.11. The summed E-state index contributed by atoms with van der Waals surface area (Å²) in [6, 6.07) is 14.7. The number of nitrogens with zero attached hydrogens (tertiary/aromatic N) is 1. The van der Waals surface area contributed by atoms with Crippen molar-refractivity contribution in [1.82, 2.24) is 0 Å². The van der Waals surface area contributed by atoms with E-state index in [0.717, 1.165) is 6.07 Å². The van der Waals surface area contributed by atoms with Crippen LogP contribution in [0.2, 0.25) is 0 Å². The van der Waals surface area contributed by atoms with Gasteiger partial charge in [0, 0.05) is 11.3 Å². The molecule has 1 amide bonds. The lowest BCUT2D eigenvalue weighted by Gasteiger charge is -2.27. The second-order valence-electron chi connectivity index (χ2n) is 8.54. The monoisotopic (exact) mass is 587 g/mol. The molecule has 0 fully saturated rings. The van der Waals surface area contributed by atoms with Crippen molar-refractivity contribution in [3.63, 3.8) is 0 Å². The van der Waals surface area contributed by atoms with Crippen LogP contribution < -0.4 is 31.4 Å². The quantitative estimate of drug-likeness (QED) is 0.0491. The summed E-state index contributed by atoms with van der Waals surface area (Å²) >= 11 is 0. The van der Waals surface area contributed by atoms with Gasteiger partial charge >= 0.3 is 18.1 Å². The number of hydrogen-bond acceptors (Lipinski definition) is 9. The Morgan fingerprint density at radius 1 is 0.952 bits per heavy atom. The van der Waals surface area contributed by atoms with Crippen molar-refractivity contribution >= 4 is 35.1 Å². The molecule has 3 aromatic carbocycles. The highest BCUT2D eigenvalue weighted by Gasteiger charge is 2.43. The van der Waals surface area contributed by atoms with E-state index in [4.69, 9.17) is 26.5 Å². The Morgan fingerprint density at radius 2 is 1.57 bits per heavy atom. The predicted octanol–water partition coefficient (Wildman–Crippen LogP) is 4.07. The number of ether oxygens (including phenoxy) is 3. The van der Waals surface area contributed by atoms with Crippen LogP contribution in [0.25, 0.3) is 0 Å². The normalized spacial score (nSPS) is 11.7. The second kappa shape index (κ2) is 13.5. The fraction of sp³-hybridized carbons (Fsp3) is 0.214. The van der Waals surface area contributed by atoms with Crippen molar-refractivity contribution in [2.75, 3.05) is 23.5 Å². The molecule has 0 aliphatic heterocycles. The van der Waals surface area contributed by atoms with Crippen molar-refractivity contribution in [3.05, 3.63) is 83.4 Å². The predicted molar refractivity (Wildman–Crippen MR) is 147 cm³/mol. The first-order valence-electron chi connectivity index (χ1n) is 12.5. The van der Waals surface area contributed by atoms with E-state index in [1.807, 2.05) is 0 Å². The molecule has 3 aromatic rings. The zero-order valence-corrected chi connectivity index (χ0v) is 22.5. The van der Waals surface area contributed by atoms with Crippen LogP contribution in [0.1, 0.15) is 41.4 Å². The number of carbonyl (C=O) groups is 3. The van der Waals surface area contributed by atoms with E-state index in [2.05, 4.69) is 10.1 Å². The molecule has 3 rings (SSSR count). The molecule has 6 N–H and O–H groups in total. The van der Waals surface area contributed by atoms with E-state index in [0.29, 0.717) is 39.9 Å². The third kappa shape index (κ3) is 7.54. The summed E-state index contributed by atoms with van der Waals surface area (Å²) in [6.07, 6.45) is -5.41. The topological polar surface area (TPSA) is 170 Å². The molecule has 0 heterocycles. The van der Waals surface area contributed by atoms with Crippen LogP contribution in [0, 0.1) is 5.41 Å². The number of amides is 1. The average Bonchev–Trinajstić information content (AvgIpc) is 2.96. The third-order valence-corrected chi connectivity index (χ3v) is 5.69. The number of anilines is 2. The second-order valence-corrected chi connectivity index (χ2v) is 8.54. The van der Waals surface area contributed by atoms with Gasteiger partial charge in [0.25, 0.3) is 5.91 Å². The summed E-state index contributed by atoms with van der Waals surface area (Å²) in [5, 5.41) is 11.2. The molecule has 11 nitrogen and oxygen atoms in total. The van der Waals surface area contributed by atoms with Crippen LogP contribution in [0.3, 0.4) is 0 Å². The molecular weight excluding hydrogens is 559 g/mol. The Morgan fingerprint density at radius 3 is 2.17 bits per heavy atom. The molecule has 0 saturated heterocycles. The molecule has 0 saturated carbocycles. The standard InChI is InChI=1S/C28H28F3N5O6/c1-3-40-21-14-11-17(15-22(21)41-4-2)23(35-18-12-9-16(10-13-18)24(32)33)25(37)36(34)20-8-6-5-7-19(20)26(38)42-27(39)28(29,30)31/h5-15,23,35H,3-4,34H2,1-2H3,(H3,32,33). The maximum absolute atomic E-state index is 13.9. The summed E-state index contributed by atoms with van der Waals surface area (Å²) < 4.78 is 53.3. The lowest BCUT2D eigenvalue weighted by molar-refractivity contribution is -0.193. The third-order valence-electron chi connectivity index (χ3n) is 5.69. The molecule has 42 heavy (non-hydrogen) atoms. The number of amidine groups is 1. The number of benzene rings is 3. The first-order chi connectivity index (χ1) is 19.9. The molecule has 0 aromatic heterocycles. The van der Waals surface area contributed by atoms with Gasteiger partial charge in [-0.05, 0) is 67.9 Å². The highest BCUT2D eigenvalue weighted by molar-refractivity contribution is 6.07. The maximum Gasteiger partial charge on any atom is 0.491 e. The van der Waals surface area contributed by atoms with E-state index in [1.165, 1.54) is 18.2 Å². The van der Waals surface area contributed by atoms with Gasteiger partial charge in [-0.2, -0.15) is 13.2 Å². The summed E-state index contributed by atoms with van der Waals surface area (Å²) in [5.41, 5.74) is 5.85. The first-order valence-corrected chi connectivity index (χ1v) is 12.5. The largest absolute Gasteiger partial charge is 0.491 e. The Bertz CT molecular complexity index is 1460. The highest BCUT2D eigenvalue weighted by Crippen LogP contribution is 2.34. The van der Waals surface area contributed by atoms with E-state index in [1.54, 1.807) is 56.3 Å². The Kier molecular flexibility index (Phi) is 10.1. The van der Waals surface area contributed by atoms with Crippen LogP contribution in [0.4, 0.5) is 24.5 Å². The molecule has 14 heteroatoms. The summed E-state index contributed by atoms with van der Waals surface area (Å²) in [7, 11) is 0. The molecule has 0 radical (unpaired) electrons. The fourth-order valence-corrected chi connectivity index (χ4v) is 3.76. The average molecular weight is 588 g/mol. The molecule has 1 unspecified atom stereocenters. The van der Waals surface area contributed by atoms with Crippen molar-refractivity contribution in [2.45, 2.75) is 26.1 Å². The van der Waals surface area contributed by atoms with Crippen molar-refractivity contribution < 1.29 is 41.8 Å². The summed E-state index contributed by atoms with van der Waals surface area (Å²) in [5.74, 6) is 1.53. The maximum atomic E-state index is 13.9. The fourth-order valence-electron chi connectivity index (χ4n) is 3.76. The molecule has 222 valence electrons. The Balaban J connectivity index is 2.04. The lowest BCUT2D eigenvalue weighted by atomic mass is 10.0. The van der Waals surface area contributed by atoms with Gasteiger partial charge in [-0.15, -0.1) is 0 Å². The van der Waals surface area contributed by atoms with Crippen molar-refractivity contribution in [2.24, 2.45) is 11.6 Å². The van der Waals surface area contributed by atoms with Crippen LogP contribution in [0.15, 0.2) is 66.7 Å². The number of esters is 2. The number of carbonyl (C=O) groups excluding carboxylic acids is 3. The van der Waals surface area contributed by atoms with Crippen LogP contribution in [-0.2, 0) is 14.3 Å². The SMILES string of the molecule is CCOc1ccc(C(Nc2ccc(C(=N)N)cc2)C(=O)N(N)c2ccccc2C(=O)OC(=O)C(F)(F)F)cc1OCC.